The second-order valence-electron chi connectivity index (χ2n) is 3.99. The fourth-order valence-corrected chi connectivity index (χ4v) is 1.60. The number of nitrogens with two attached hydrogens (primary N) is 1. The second-order valence-corrected chi connectivity index (χ2v) is 3.99. The minimum Gasteiger partial charge on any atom is -0.343 e. The van der Waals surface area contributed by atoms with Crippen molar-refractivity contribution in [3.05, 3.63) is 42.5 Å². The van der Waals surface area contributed by atoms with Crippen LogP contribution < -0.4 is 10.6 Å². The zero-order valence-electron chi connectivity index (χ0n) is 10.2. The largest absolute Gasteiger partial charge is 0.343 e. The van der Waals surface area contributed by atoms with Gasteiger partial charge in [-0.1, -0.05) is 12.1 Å². The summed E-state index contributed by atoms with van der Waals surface area (Å²) in [4.78, 5) is 10.4. The molecule has 94 valence electrons. The van der Waals surface area contributed by atoms with E-state index in [0.717, 1.165) is 11.1 Å². The van der Waals surface area contributed by atoms with Gasteiger partial charge in [0.2, 0.25) is 5.95 Å². The van der Waals surface area contributed by atoms with Crippen LogP contribution in [0.5, 0.6) is 0 Å². The van der Waals surface area contributed by atoms with Crippen LogP contribution in [0.25, 0.3) is 11.1 Å². The topological polar surface area (TPSA) is 55.0 Å². The maximum atomic E-state index is 12.8. The molecule has 0 fully saturated rings. The molecule has 0 radical (unpaired) electrons. The van der Waals surface area contributed by atoms with Crippen molar-refractivity contribution in [1.82, 2.24) is 9.97 Å². The van der Waals surface area contributed by atoms with Gasteiger partial charge < -0.3 is 10.6 Å². The van der Waals surface area contributed by atoms with Crippen LogP contribution in [0.4, 0.5) is 10.3 Å². The third kappa shape index (κ3) is 2.81. The summed E-state index contributed by atoms with van der Waals surface area (Å²) in [5.74, 6) is 0.380. The first kappa shape index (κ1) is 12.4. The lowest BCUT2D eigenvalue weighted by atomic mass is 10.1. The van der Waals surface area contributed by atoms with E-state index in [0.29, 0.717) is 19.0 Å². The van der Waals surface area contributed by atoms with Crippen molar-refractivity contribution in [2.24, 2.45) is 5.73 Å². The van der Waals surface area contributed by atoms with Crippen LogP contribution in [0.1, 0.15) is 0 Å². The van der Waals surface area contributed by atoms with E-state index in [1.807, 2.05) is 11.9 Å². The van der Waals surface area contributed by atoms with Crippen molar-refractivity contribution in [2.75, 3.05) is 25.0 Å². The highest BCUT2D eigenvalue weighted by molar-refractivity contribution is 5.61. The van der Waals surface area contributed by atoms with Crippen molar-refractivity contribution in [2.45, 2.75) is 0 Å². The monoisotopic (exact) mass is 246 g/mol. The molecule has 0 bridgehead atoms. The number of benzene rings is 1. The molecule has 0 atom stereocenters. The van der Waals surface area contributed by atoms with Gasteiger partial charge in [-0.2, -0.15) is 0 Å². The summed E-state index contributed by atoms with van der Waals surface area (Å²) in [6, 6.07) is 6.25. The standard InChI is InChI=1S/C13H15FN4/c1-18(7-6-15)13-16-8-11(9-17-13)10-2-4-12(14)5-3-10/h2-5,8-9H,6-7,15H2,1H3. The van der Waals surface area contributed by atoms with Crippen molar-refractivity contribution in [3.63, 3.8) is 0 Å². The van der Waals surface area contributed by atoms with Crippen LogP contribution in [0.2, 0.25) is 0 Å². The number of likely N-dealkylation sites (N-methyl/N-ethyl adjacent to an activating group) is 1. The zero-order chi connectivity index (χ0) is 13.0. The molecule has 2 rings (SSSR count). The number of hydrogen-bond acceptors (Lipinski definition) is 4. The molecular formula is C13H15FN4. The molecule has 2 aromatic rings. The van der Waals surface area contributed by atoms with Crippen molar-refractivity contribution in [3.8, 4) is 11.1 Å². The fourth-order valence-electron chi connectivity index (χ4n) is 1.60. The van der Waals surface area contributed by atoms with E-state index < -0.39 is 0 Å². The van der Waals surface area contributed by atoms with E-state index >= 15 is 0 Å². The summed E-state index contributed by atoms with van der Waals surface area (Å²) in [6.07, 6.45) is 3.45. The van der Waals surface area contributed by atoms with Gasteiger partial charge in [0, 0.05) is 38.1 Å². The van der Waals surface area contributed by atoms with Gasteiger partial charge in [-0.25, -0.2) is 14.4 Å². The molecule has 0 aliphatic carbocycles. The van der Waals surface area contributed by atoms with Crippen LogP contribution in [0, 0.1) is 5.82 Å². The molecule has 18 heavy (non-hydrogen) atoms. The van der Waals surface area contributed by atoms with Crippen LogP contribution in [0.3, 0.4) is 0 Å². The summed E-state index contributed by atoms with van der Waals surface area (Å²) < 4.78 is 12.8. The van der Waals surface area contributed by atoms with Gasteiger partial charge in [0.05, 0.1) is 0 Å². The summed E-state index contributed by atoms with van der Waals surface area (Å²) in [5, 5.41) is 0. The Morgan fingerprint density at radius 1 is 1.11 bits per heavy atom. The molecule has 2 N–H and O–H groups in total. The van der Waals surface area contributed by atoms with Crippen LogP contribution in [-0.2, 0) is 0 Å². The van der Waals surface area contributed by atoms with E-state index in [9.17, 15) is 4.39 Å². The average Bonchev–Trinajstić information content (AvgIpc) is 2.40. The highest BCUT2D eigenvalue weighted by atomic mass is 19.1. The van der Waals surface area contributed by atoms with Crippen LogP contribution >= 0.6 is 0 Å². The Labute approximate surface area is 105 Å². The molecule has 1 aromatic carbocycles. The quantitative estimate of drug-likeness (QED) is 0.891. The van der Waals surface area contributed by atoms with Gasteiger partial charge in [-0.05, 0) is 17.7 Å². The summed E-state index contributed by atoms with van der Waals surface area (Å²) in [6.45, 7) is 1.26. The minimum absolute atomic E-state index is 0.251. The first-order chi connectivity index (χ1) is 8.70. The summed E-state index contributed by atoms with van der Waals surface area (Å²) in [5.41, 5.74) is 7.22. The van der Waals surface area contributed by atoms with Crippen molar-refractivity contribution in [1.29, 1.82) is 0 Å². The lowest BCUT2D eigenvalue weighted by molar-refractivity contribution is 0.628. The first-order valence-corrected chi connectivity index (χ1v) is 5.70. The zero-order valence-corrected chi connectivity index (χ0v) is 10.2. The van der Waals surface area contributed by atoms with Gasteiger partial charge in [0.1, 0.15) is 5.82 Å². The molecule has 0 spiro atoms. The Morgan fingerprint density at radius 2 is 1.72 bits per heavy atom. The predicted molar refractivity (Wildman–Crippen MR) is 69.8 cm³/mol. The molecule has 0 unspecified atom stereocenters. The highest BCUT2D eigenvalue weighted by Crippen LogP contribution is 2.18. The smallest absolute Gasteiger partial charge is 0.225 e. The number of anilines is 1. The Hall–Kier alpha value is -2.01. The van der Waals surface area contributed by atoms with E-state index in [4.69, 9.17) is 5.73 Å². The van der Waals surface area contributed by atoms with Crippen LogP contribution in [0.15, 0.2) is 36.7 Å². The molecule has 0 aliphatic heterocycles. The summed E-state index contributed by atoms with van der Waals surface area (Å²) in [7, 11) is 1.89. The molecule has 1 heterocycles. The minimum atomic E-state index is -0.251. The maximum Gasteiger partial charge on any atom is 0.225 e. The molecule has 0 saturated carbocycles. The third-order valence-corrected chi connectivity index (χ3v) is 2.62. The first-order valence-electron chi connectivity index (χ1n) is 5.70. The van der Waals surface area contributed by atoms with Gasteiger partial charge >= 0.3 is 0 Å². The molecule has 0 aliphatic rings. The molecule has 0 amide bonds. The Morgan fingerprint density at radius 3 is 2.28 bits per heavy atom. The maximum absolute atomic E-state index is 12.8. The lowest BCUT2D eigenvalue weighted by Crippen LogP contribution is -2.26. The number of nitrogens with zero attached hydrogens (tertiary/aromatic N) is 3. The average molecular weight is 246 g/mol. The Balaban J connectivity index is 2.19. The van der Waals surface area contributed by atoms with E-state index in [-0.39, 0.29) is 5.82 Å². The lowest BCUT2D eigenvalue weighted by Gasteiger charge is -2.15. The Kier molecular flexibility index (Phi) is 3.84. The number of halogens is 1. The molecule has 4 nitrogen and oxygen atoms in total. The van der Waals surface area contributed by atoms with E-state index in [1.54, 1.807) is 24.5 Å². The number of rotatable bonds is 4. The van der Waals surface area contributed by atoms with E-state index in [2.05, 4.69) is 9.97 Å². The van der Waals surface area contributed by atoms with Gasteiger partial charge in [0.15, 0.2) is 0 Å². The predicted octanol–water partition coefficient (Wildman–Crippen LogP) is 1.68. The fraction of sp³-hybridized carbons (Fsp3) is 0.231. The molecule has 0 saturated heterocycles. The normalized spacial score (nSPS) is 10.4. The third-order valence-electron chi connectivity index (χ3n) is 2.62. The van der Waals surface area contributed by atoms with Crippen molar-refractivity contribution < 1.29 is 4.39 Å². The number of hydrogen-bond donors (Lipinski definition) is 1. The highest BCUT2D eigenvalue weighted by Gasteiger charge is 2.04. The van der Waals surface area contributed by atoms with Gasteiger partial charge in [0.25, 0.3) is 0 Å². The number of aromatic nitrogens is 2. The van der Waals surface area contributed by atoms with Gasteiger partial charge in [-0.3, -0.25) is 0 Å². The molecule has 1 aromatic heterocycles. The second kappa shape index (κ2) is 5.55. The van der Waals surface area contributed by atoms with E-state index in [1.165, 1.54) is 12.1 Å². The molecular weight excluding hydrogens is 231 g/mol. The van der Waals surface area contributed by atoms with Gasteiger partial charge in [-0.15, -0.1) is 0 Å². The Bertz CT molecular complexity index is 495. The summed E-state index contributed by atoms with van der Waals surface area (Å²) >= 11 is 0. The van der Waals surface area contributed by atoms with Crippen LogP contribution in [-0.4, -0.2) is 30.1 Å². The molecule has 5 heteroatoms. The SMILES string of the molecule is CN(CCN)c1ncc(-c2ccc(F)cc2)cn1. The van der Waals surface area contributed by atoms with Crippen molar-refractivity contribution >= 4 is 5.95 Å².